The first-order chi connectivity index (χ1) is 14.0. The summed E-state index contributed by atoms with van der Waals surface area (Å²) in [5.41, 5.74) is 1.08. The number of furan rings is 1. The number of ether oxygens (including phenoxy) is 2. The van der Waals surface area contributed by atoms with Gasteiger partial charge < -0.3 is 19.2 Å². The lowest BCUT2D eigenvalue weighted by molar-refractivity contribution is -0.123. The standard InChI is InChI=1S/C21H26N2O6/c1-13-7-3-5-9-16(13)22-21(26)23-18(24)12-28-20(25)19-15(11-27-2)14-8-4-6-10-17(14)29-19/h4,6,8,10,13,16H,3,5,7,9,11-12H2,1-2H3,(H2,22,23,24,26)/t13-,16+/m1/s1. The van der Waals surface area contributed by atoms with E-state index in [1.165, 1.54) is 7.11 Å². The van der Waals surface area contributed by atoms with Gasteiger partial charge in [-0.15, -0.1) is 0 Å². The van der Waals surface area contributed by atoms with Gasteiger partial charge in [-0.05, 0) is 24.8 Å². The fraction of sp³-hybridized carbons (Fsp3) is 0.476. The normalized spacial score (nSPS) is 19.0. The third-order valence-electron chi connectivity index (χ3n) is 5.19. The molecular weight excluding hydrogens is 376 g/mol. The second-order valence-corrected chi connectivity index (χ2v) is 7.30. The summed E-state index contributed by atoms with van der Waals surface area (Å²) in [6.07, 6.45) is 4.16. The zero-order chi connectivity index (χ0) is 20.8. The summed E-state index contributed by atoms with van der Waals surface area (Å²) in [4.78, 5) is 36.4. The van der Waals surface area contributed by atoms with Gasteiger partial charge in [-0.25, -0.2) is 9.59 Å². The Morgan fingerprint density at radius 3 is 2.69 bits per heavy atom. The first-order valence-electron chi connectivity index (χ1n) is 9.76. The Balaban J connectivity index is 1.55. The summed E-state index contributed by atoms with van der Waals surface area (Å²) in [7, 11) is 1.51. The van der Waals surface area contributed by atoms with Crippen molar-refractivity contribution in [2.45, 2.75) is 45.3 Å². The highest BCUT2D eigenvalue weighted by Gasteiger charge is 2.25. The molecule has 2 N–H and O–H groups in total. The number of para-hydroxylation sites is 1. The molecular formula is C21H26N2O6. The molecule has 8 heteroatoms. The maximum atomic E-state index is 12.4. The lowest BCUT2D eigenvalue weighted by Crippen LogP contribution is -2.48. The third kappa shape index (κ3) is 5.14. The van der Waals surface area contributed by atoms with Crippen LogP contribution in [0.1, 0.15) is 48.7 Å². The van der Waals surface area contributed by atoms with Crippen molar-refractivity contribution in [1.82, 2.24) is 10.6 Å². The molecule has 0 unspecified atom stereocenters. The quantitative estimate of drug-likeness (QED) is 0.719. The average molecular weight is 402 g/mol. The lowest BCUT2D eigenvalue weighted by atomic mass is 9.86. The van der Waals surface area contributed by atoms with E-state index >= 15 is 0 Å². The minimum atomic E-state index is -0.787. The van der Waals surface area contributed by atoms with Crippen LogP contribution in [0.25, 0.3) is 11.0 Å². The molecule has 1 aliphatic rings. The topological polar surface area (TPSA) is 107 Å². The second kappa shape index (κ2) is 9.56. The van der Waals surface area contributed by atoms with E-state index in [1.807, 2.05) is 12.1 Å². The van der Waals surface area contributed by atoms with E-state index in [4.69, 9.17) is 13.9 Å². The number of esters is 1. The molecule has 0 spiro atoms. The molecule has 3 rings (SSSR count). The SMILES string of the molecule is COCc1c(C(=O)OCC(=O)NC(=O)N[C@H]2CCCC[C@H]2C)oc2ccccc12. The predicted octanol–water partition coefficient (Wildman–Crippen LogP) is 3.14. The van der Waals surface area contributed by atoms with E-state index in [0.29, 0.717) is 17.1 Å². The molecule has 156 valence electrons. The van der Waals surface area contributed by atoms with Gasteiger partial charge in [0.25, 0.3) is 5.91 Å². The molecule has 1 aromatic heterocycles. The molecule has 0 aliphatic heterocycles. The Hall–Kier alpha value is -2.87. The highest BCUT2D eigenvalue weighted by atomic mass is 16.5. The van der Waals surface area contributed by atoms with E-state index in [0.717, 1.165) is 31.1 Å². The van der Waals surface area contributed by atoms with Crippen LogP contribution in [-0.4, -0.2) is 37.7 Å². The molecule has 0 radical (unpaired) electrons. The predicted molar refractivity (Wildman–Crippen MR) is 105 cm³/mol. The van der Waals surface area contributed by atoms with Crippen LogP contribution in [-0.2, 0) is 20.9 Å². The van der Waals surface area contributed by atoms with Gasteiger partial charge >= 0.3 is 12.0 Å². The molecule has 1 aromatic carbocycles. The van der Waals surface area contributed by atoms with Crippen LogP contribution in [0.4, 0.5) is 4.79 Å². The number of carbonyl (C=O) groups excluding carboxylic acids is 3. The summed E-state index contributed by atoms with van der Waals surface area (Å²) in [5.74, 6) is -1.13. The zero-order valence-electron chi connectivity index (χ0n) is 16.7. The van der Waals surface area contributed by atoms with E-state index in [-0.39, 0.29) is 18.4 Å². The van der Waals surface area contributed by atoms with Crippen molar-refractivity contribution >= 4 is 28.9 Å². The summed E-state index contributed by atoms with van der Waals surface area (Å²) in [6.45, 7) is 1.66. The van der Waals surface area contributed by atoms with Crippen molar-refractivity contribution < 1.29 is 28.3 Å². The van der Waals surface area contributed by atoms with E-state index < -0.39 is 24.5 Å². The molecule has 1 saturated carbocycles. The largest absolute Gasteiger partial charge is 0.450 e. The van der Waals surface area contributed by atoms with Crippen LogP contribution in [0, 0.1) is 5.92 Å². The fourth-order valence-electron chi connectivity index (χ4n) is 3.65. The van der Waals surface area contributed by atoms with Crippen molar-refractivity contribution in [3.8, 4) is 0 Å². The number of methoxy groups -OCH3 is 1. The van der Waals surface area contributed by atoms with Crippen molar-refractivity contribution in [2.75, 3.05) is 13.7 Å². The number of nitrogens with one attached hydrogen (secondary N) is 2. The molecule has 2 aromatic rings. The van der Waals surface area contributed by atoms with Crippen LogP contribution in [0.5, 0.6) is 0 Å². The number of hydrogen-bond donors (Lipinski definition) is 2. The Bertz CT molecular complexity index is 890. The Labute approximate surface area is 168 Å². The van der Waals surface area contributed by atoms with Crippen LogP contribution >= 0.6 is 0 Å². The number of hydrogen-bond acceptors (Lipinski definition) is 6. The molecule has 8 nitrogen and oxygen atoms in total. The fourth-order valence-corrected chi connectivity index (χ4v) is 3.65. The van der Waals surface area contributed by atoms with Crippen molar-refractivity contribution in [3.05, 3.63) is 35.6 Å². The number of carbonyl (C=O) groups is 3. The summed E-state index contributed by atoms with van der Waals surface area (Å²) >= 11 is 0. The molecule has 1 aliphatic carbocycles. The highest BCUT2D eigenvalue weighted by Crippen LogP contribution is 2.27. The molecule has 3 amide bonds. The van der Waals surface area contributed by atoms with Crippen molar-refractivity contribution in [3.63, 3.8) is 0 Å². The van der Waals surface area contributed by atoms with E-state index in [2.05, 4.69) is 17.6 Å². The van der Waals surface area contributed by atoms with Gasteiger partial charge in [0, 0.05) is 24.1 Å². The number of benzene rings is 1. The third-order valence-corrected chi connectivity index (χ3v) is 5.19. The number of fused-ring (bicyclic) bond motifs is 1. The number of rotatable bonds is 6. The number of imide groups is 1. The Morgan fingerprint density at radius 1 is 1.17 bits per heavy atom. The average Bonchev–Trinajstić information content (AvgIpc) is 3.07. The highest BCUT2D eigenvalue weighted by molar-refractivity contribution is 5.99. The van der Waals surface area contributed by atoms with Gasteiger partial charge in [0.05, 0.1) is 6.61 Å². The van der Waals surface area contributed by atoms with Gasteiger partial charge in [0.15, 0.2) is 6.61 Å². The molecule has 1 fully saturated rings. The summed E-state index contributed by atoms with van der Waals surface area (Å²) < 4.78 is 15.8. The van der Waals surface area contributed by atoms with E-state index in [1.54, 1.807) is 12.1 Å². The second-order valence-electron chi connectivity index (χ2n) is 7.30. The van der Waals surface area contributed by atoms with Gasteiger partial charge in [0.1, 0.15) is 5.58 Å². The Morgan fingerprint density at radius 2 is 1.93 bits per heavy atom. The van der Waals surface area contributed by atoms with Crippen molar-refractivity contribution in [1.29, 1.82) is 0 Å². The zero-order valence-corrected chi connectivity index (χ0v) is 16.7. The van der Waals surface area contributed by atoms with Crippen LogP contribution in [0.2, 0.25) is 0 Å². The first-order valence-corrected chi connectivity index (χ1v) is 9.76. The summed E-state index contributed by atoms with van der Waals surface area (Å²) in [6, 6.07) is 6.63. The number of amides is 3. The lowest BCUT2D eigenvalue weighted by Gasteiger charge is -2.29. The number of urea groups is 1. The summed E-state index contributed by atoms with van der Waals surface area (Å²) in [5, 5.41) is 5.76. The van der Waals surface area contributed by atoms with Gasteiger partial charge in [0.2, 0.25) is 5.76 Å². The van der Waals surface area contributed by atoms with Gasteiger partial charge in [-0.3, -0.25) is 10.1 Å². The van der Waals surface area contributed by atoms with Crippen LogP contribution in [0.3, 0.4) is 0 Å². The maximum absolute atomic E-state index is 12.4. The maximum Gasteiger partial charge on any atom is 0.375 e. The van der Waals surface area contributed by atoms with Crippen LogP contribution < -0.4 is 10.6 Å². The molecule has 1 heterocycles. The Kier molecular flexibility index (Phi) is 6.87. The first kappa shape index (κ1) is 20.9. The molecule has 29 heavy (non-hydrogen) atoms. The molecule has 2 atom stereocenters. The molecule has 0 saturated heterocycles. The van der Waals surface area contributed by atoms with Gasteiger partial charge in [-0.2, -0.15) is 0 Å². The minimum Gasteiger partial charge on any atom is -0.450 e. The van der Waals surface area contributed by atoms with Crippen molar-refractivity contribution in [2.24, 2.45) is 5.92 Å². The van der Waals surface area contributed by atoms with E-state index in [9.17, 15) is 14.4 Å². The smallest absolute Gasteiger partial charge is 0.375 e. The monoisotopic (exact) mass is 402 g/mol. The molecule has 0 bridgehead atoms. The van der Waals surface area contributed by atoms with Crippen LogP contribution in [0.15, 0.2) is 28.7 Å². The van der Waals surface area contributed by atoms with Gasteiger partial charge in [-0.1, -0.05) is 38.0 Å². The minimum absolute atomic E-state index is 0.0127.